The molecule has 0 aliphatic carbocycles. The number of carbonyl (C=O) groups is 4. The van der Waals surface area contributed by atoms with Gasteiger partial charge in [-0.1, -0.05) is 12.1 Å². The third kappa shape index (κ3) is 5.67. The number of anilines is 1. The summed E-state index contributed by atoms with van der Waals surface area (Å²) in [6.07, 6.45) is 0. The first-order chi connectivity index (χ1) is 12.9. The molecule has 27 heavy (non-hydrogen) atoms. The second-order valence-corrected chi connectivity index (χ2v) is 5.41. The molecule has 3 amide bonds. The van der Waals surface area contributed by atoms with Gasteiger partial charge in [-0.05, 0) is 36.4 Å². The van der Waals surface area contributed by atoms with Crippen LogP contribution in [-0.2, 0) is 14.3 Å². The van der Waals surface area contributed by atoms with Crippen LogP contribution in [0.4, 0.5) is 5.69 Å². The van der Waals surface area contributed by atoms with Crippen molar-refractivity contribution in [3.05, 3.63) is 59.7 Å². The molecule has 0 radical (unpaired) electrons. The third-order valence-corrected chi connectivity index (χ3v) is 3.38. The molecular formula is C19H18N2O6. The minimum absolute atomic E-state index is 0.188. The van der Waals surface area contributed by atoms with E-state index in [1.807, 2.05) is 0 Å². The molecule has 140 valence electrons. The number of para-hydroxylation sites is 1. The molecule has 8 heteroatoms. The molecule has 2 aromatic rings. The van der Waals surface area contributed by atoms with Gasteiger partial charge >= 0.3 is 5.97 Å². The molecule has 0 atom stereocenters. The van der Waals surface area contributed by atoms with E-state index in [4.69, 9.17) is 9.47 Å². The monoisotopic (exact) mass is 370 g/mol. The molecule has 0 saturated carbocycles. The molecule has 0 fully saturated rings. The van der Waals surface area contributed by atoms with Crippen molar-refractivity contribution in [2.75, 3.05) is 19.0 Å². The number of carbonyl (C=O) groups excluding carboxylic acids is 4. The van der Waals surface area contributed by atoms with Crippen molar-refractivity contribution in [1.29, 1.82) is 0 Å². The fourth-order valence-electron chi connectivity index (χ4n) is 2.17. The maximum atomic E-state index is 12.1. The summed E-state index contributed by atoms with van der Waals surface area (Å²) in [6, 6.07) is 12.4. The van der Waals surface area contributed by atoms with Gasteiger partial charge in [0.1, 0.15) is 5.75 Å². The number of nitrogens with one attached hydrogen (secondary N) is 2. The lowest BCUT2D eigenvalue weighted by molar-refractivity contribution is -0.123. The predicted octanol–water partition coefficient (Wildman–Crippen LogP) is 1.77. The standard InChI is InChI=1S/C19H18N2O6/c1-12(22)20-14-9-7-13(8-10-14)19(25)27-11-17(23)21-18(24)15-5-3-4-6-16(15)26-2/h3-10H,11H2,1-2H3,(H,20,22)(H,21,23,24). The van der Waals surface area contributed by atoms with Gasteiger partial charge in [-0.2, -0.15) is 0 Å². The van der Waals surface area contributed by atoms with Crippen molar-refractivity contribution in [3.8, 4) is 5.75 Å². The van der Waals surface area contributed by atoms with Crippen molar-refractivity contribution in [2.24, 2.45) is 0 Å². The second kappa shape index (κ2) is 9.14. The van der Waals surface area contributed by atoms with Gasteiger partial charge in [-0.15, -0.1) is 0 Å². The fraction of sp³-hybridized carbons (Fsp3) is 0.158. The Balaban J connectivity index is 1.88. The maximum Gasteiger partial charge on any atom is 0.338 e. The Labute approximate surface area is 155 Å². The number of esters is 1. The van der Waals surface area contributed by atoms with E-state index in [0.29, 0.717) is 11.4 Å². The van der Waals surface area contributed by atoms with Crippen LogP contribution in [0.25, 0.3) is 0 Å². The van der Waals surface area contributed by atoms with Crippen LogP contribution in [0.2, 0.25) is 0 Å². The van der Waals surface area contributed by atoms with Crippen molar-refractivity contribution in [2.45, 2.75) is 6.92 Å². The number of methoxy groups -OCH3 is 1. The molecule has 0 unspecified atom stereocenters. The van der Waals surface area contributed by atoms with Crippen LogP contribution in [-0.4, -0.2) is 37.4 Å². The van der Waals surface area contributed by atoms with Gasteiger partial charge in [0.2, 0.25) is 5.91 Å². The molecule has 0 aliphatic rings. The Morgan fingerprint density at radius 2 is 1.63 bits per heavy atom. The number of hydrogen-bond donors (Lipinski definition) is 2. The smallest absolute Gasteiger partial charge is 0.338 e. The summed E-state index contributed by atoms with van der Waals surface area (Å²) >= 11 is 0. The molecule has 2 aromatic carbocycles. The molecule has 0 saturated heterocycles. The molecule has 0 aromatic heterocycles. The van der Waals surface area contributed by atoms with Gasteiger partial charge in [-0.3, -0.25) is 19.7 Å². The molecule has 0 spiro atoms. The number of amides is 3. The van der Waals surface area contributed by atoms with Crippen LogP contribution in [0, 0.1) is 0 Å². The Kier molecular flexibility index (Phi) is 6.65. The van der Waals surface area contributed by atoms with Crippen molar-refractivity contribution < 1.29 is 28.7 Å². The summed E-state index contributed by atoms with van der Waals surface area (Å²) < 4.78 is 9.94. The zero-order chi connectivity index (χ0) is 19.8. The van der Waals surface area contributed by atoms with E-state index < -0.39 is 24.4 Å². The lowest BCUT2D eigenvalue weighted by Gasteiger charge is -2.09. The first-order valence-corrected chi connectivity index (χ1v) is 7.92. The van der Waals surface area contributed by atoms with E-state index in [0.717, 1.165) is 0 Å². The zero-order valence-electron chi connectivity index (χ0n) is 14.8. The molecular weight excluding hydrogens is 352 g/mol. The van der Waals surface area contributed by atoms with Crippen molar-refractivity contribution in [3.63, 3.8) is 0 Å². The van der Waals surface area contributed by atoms with Gasteiger partial charge < -0.3 is 14.8 Å². The molecule has 0 bridgehead atoms. The third-order valence-electron chi connectivity index (χ3n) is 3.38. The summed E-state index contributed by atoms with van der Waals surface area (Å²) in [4.78, 5) is 46.8. The summed E-state index contributed by atoms with van der Waals surface area (Å²) in [7, 11) is 1.41. The lowest BCUT2D eigenvalue weighted by atomic mass is 10.2. The number of rotatable bonds is 6. The van der Waals surface area contributed by atoms with E-state index in [9.17, 15) is 19.2 Å². The normalized spacial score (nSPS) is 9.85. The molecule has 0 aliphatic heterocycles. The highest BCUT2D eigenvalue weighted by atomic mass is 16.5. The minimum atomic E-state index is -0.769. The molecule has 2 N–H and O–H groups in total. The van der Waals surface area contributed by atoms with E-state index in [-0.39, 0.29) is 17.0 Å². The van der Waals surface area contributed by atoms with Gasteiger partial charge in [0.05, 0.1) is 18.2 Å². The fourth-order valence-corrected chi connectivity index (χ4v) is 2.17. The number of hydrogen-bond acceptors (Lipinski definition) is 6. The van der Waals surface area contributed by atoms with Gasteiger partial charge in [0, 0.05) is 12.6 Å². The highest BCUT2D eigenvalue weighted by molar-refractivity contribution is 6.07. The maximum absolute atomic E-state index is 12.1. The second-order valence-electron chi connectivity index (χ2n) is 5.41. The average molecular weight is 370 g/mol. The quantitative estimate of drug-likeness (QED) is 0.750. The van der Waals surface area contributed by atoms with Crippen LogP contribution in [0.1, 0.15) is 27.6 Å². The van der Waals surface area contributed by atoms with Gasteiger partial charge in [-0.25, -0.2) is 4.79 Å². The van der Waals surface area contributed by atoms with Crippen LogP contribution >= 0.6 is 0 Å². The predicted molar refractivity (Wildman–Crippen MR) is 96.5 cm³/mol. The van der Waals surface area contributed by atoms with E-state index in [2.05, 4.69) is 10.6 Å². The summed E-state index contributed by atoms with van der Waals surface area (Å²) in [5.74, 6) is -2.08. The van der Waals surface area contributed by atoms with Crippen LogP contribution in [0.5, 0.6) is 5.75 Å². The van der Waals surface area contributed by atoms with E-state index >= 15 is 0 Å². The van der Waals surface area contributed by atoms with E-state index in [1.54, 1.807) is 18.2 Å². The SMILES string of the molecule is COc1ccccc1C(=O)NC(=O)COC(=O)c1ccc(NC(C)=O)cc1. The molecule has 8 nitrogen and oxygen atoms in total. The summed E-state index contributed by atoms with van der Waals surface area (Å²) in [6.45, 7) is 0.750. The Morgan fingerprint density at radius 1 is 0.963 bits per heavy atom. The van der Waals surface area contributed by atoms with E-state index in [1.165, 1.54) is 44.4 Å². The van der Waals surface area contributed by atoms with Crippen LogP contribution in [0.15, 0.2) is 48.5 Å². The Hall–Kier alpha value is -3.68. The van der Waals surface area contributed by atoms with Crippen LogP contribution in [0.3, 0.4) is 0 Å². The Morgan fingerprint density at radius 3 is 2.26 bits per heavy atom. The highest BCUT2D eigenvalue weighted by Gasteiger charge is 2.16. The number of imide groups is 1. The summed E-state index contributed by atoms with van der Waals surface area (Å²) in [5, 5.41) is 4.69. The van der Waals surface area contributed by atoms with Crippen LogP contribution < -0.4 is 15.4 Å². The molecule has 0 heterocycles. The van der Waals surface area contributed by atoms with Crippen molar-refractivity contribution in [1.82, 2.24) is 5.32 Å². The zero-order valence-corrected chi connectivity index (χ0v) is 14.8. The minimum Gasteiger partial charge on any atom is -0.496 e. The highest BCUT2D eigenvalue weighted by Crippen LogP contribution is 2.16. The summed E-state index contributed by atoms with van der Waals surface area (Å²) in [5.41, 5.74) is 0.917. The average Bonchev–Trinajstić information content (AvgIpc) is 2.66. The lowest BCUT2D eigenvalue weighted by Crippen LogP contribution is -2.34. The van der Waals surface area contributed by atoms with Gasteiger partial charge in [0.25, 0.3) is 11.8 Å². The largest absolute Gasteiger partial charge is 0.496 e. The molecule has 2 rings (SSSR count). The van der Waals surface area contributed by atoms with Crippen molar-refractivity contribution >= 4 is 29.4 Å². The number of ether oxygens (including phenoxy) is 2. The Bertz CT molecular complexity index is 861. The topological polar surface area (TPSA) is 111 Å². The van der Waals surface area contributed by atoms with Gasteiger partial charge in [0.15, 0.2) is 6.61 Å². The first kappa shape index (κ1) is 19.6. The first-order valence-electron chi connectivity index (χ1n) is 7.92. The number of benzene rings is 2.